The van der Waals surface area contributed by atoms with Crippen LogP contribution in [0.5, 0.6) is 11.5 Å². The van der Waals surface area contributed by atoms with Crippen LogP contribution in [0.4, 0.5) is 0 Å². The number of sulfonamides is 1. The summed E-state index contributed by atoms with van der Waals surface area (Å²) in [5.41, 5.74) is 3.37. The first kappa shape index (κ1) is 17.3. The van der Waals surface area contributed by atoms with Crippen LogP contribution in [0.25, 0.3) is 0 Å². The van der Waals surface area contributed by atoms with Gasteiger partial charge in [-0.1, -0.05) is 35.9 Å². The number of benzene rings is 2. The molecule has 0 fully saturated rings. The molecule has 6 nitrogen and oxygen atoms in total. The normalized spacial score (nSPS) is 17.5. The number of hydrogen-bond acceptors (Lipinski definition) is 5. The van der Waals surface area contributed by atoms with Gasteiger partial charge >= 0.3 is 0 Å². The minimum absolute atomic E-state index is 0.0303. The van der Waals surface area contributed by atoms with Gasteiger partial charge in [-0.05, 0) is 30.2 Å². The van der Waals surface area contributed by atoms with Crippen molar-refractivity contribution in [1.82, 2.24) is 4.41 Å². The second-order valence-corrected chi connectivity index (χ2v) is 7.94. The van der Waals surface area contributed by atoms with Crippen LogP contribution in [-0.2, 0) is 10.0 Å². The highest BCUT2D eigenvalue weighted by Gasteiger charge is 2.34. The summed E-state index contributed by atoms with van der Waals surface area (Å²) in [5, 5.41) is 14.4. The monoisotopic (exact) mass is 360 g/mol. The lowest BCUT2D eigenvalue weighted by Gasteiger charge is -2.21. The highest BCUT2D eigenvalue weighted by atomic mass is 32.2. The van der Waals surface area contributed by atoms with Crippen molar-refractivity contribution in [3.8, 4) is 11.5 Å². The quantitative estimate of drug-likeness (QED) is 0.909. The summed E-state index contributed by atoms with van der Waals surface area (Å²) >= 11 is 0. The molecular formula is C18H20N2O4S. The van der Waals surface area contributed by atoms with Crippen LogP contribution in [0, 0.1) is 6.92 Å². The Morgan fingerprint density at radius 1 is 1.20 bits per heavy atom. The van der Waals surface area contributed by atoms with Gasteiger partial charge < -0.3 is 9.84 Å². The number of methoxy groups -OCH3 is 1. The molecule has 0 bridgehead atoms. The van der Waals surface area contributed by atoms with E-state index >= 15 is 0 Å². The SMILES string of the molecule is COc1ccc([C@@H]2CC(c3ccc(C)cc3)=NN2S(C)(=O)=O)cc1O. The molecule has 0 unspecified atom stereocenters. The zero-order chi connectivity index (χ0) is 18.2. The molecular weight excluding hydrogens is 340 g/mol. The number of aromatic hydroxyl groups is 1. The zero-order valence-electron chi connectivity index (χ0n) is 14.3. The van der Waals surface area contributed by atoms with Crippen molar-refractivity contribution in [2.24, 2.45) is 5.10 Å². The number of aryl methyl sites for hydroxylation is 1. The fraction of sp³-hybridized carbons (Fsp3) is 0.278. The first-order chi connectivity index (χ1) is 11.8. The minimum atomic E-state index is -3.54. The average molecular weight is 360 g/mol. The molecule has 7 heteroatoms. The van der Waals surface area contributed by atoms with E-state index in [1.165, 1.54) is 13.2 Å². The molecule has 2 aromatic carbocycles. The molecule has 2 aromatic rings. The molecule has 1 atom stereocenters. The van der Waals surface area contributed by atoms with Crippen LogP contribution in [0.2, 0.25) is 0 Å². The van der Waals surface area contributed by atoms with Crippen LogP contribution in [0.3, 0.4) is 0 Å². The van der Waals surface area contributed by atoms with E-state index < -0.39 is 16.1 Å². The van der Waals surface area contributed by atoms with Crippen molar-refractivity contribution in [2.45, 2.75) is 19.4 Å². The largest absolute Gasteiger partial charge is 0.504 e. The fourth-order valence-electron chi connectivity index (χ4n) is 2.88. The number of nitrogens with zero attached hydrogens (tertiary/aromatic N) is 2. The lowest BCUT2D eigenvalue weighted by Crippen LogP contribution is -2.25. The van der Waals surface area contributed by atoms with Crippen molar-refractivity contribution in [3.63, 3.8) is 0 Å². The fourth-order valence-corrected chi connectivity index (χ4v) is 3.78. The van der Waals surface area contributed by atoms with Crippen molar-refractivity contribution in [2.75, 3.05) is 13.4 Å². The van der Waals surface area contributed by atoms with Gasteiger partial charge in [-0.15, -0.1) is 0 Å². The van der Waals surface area contributed by atoms with E-state index in [4.69, 9.17) is 4.74 Å². The average Bonchev–Trinajstić information content (AvgIpc) is 3.01. The van der Waals surface area contributed by atoms with Crippen molar-refractivity contribution in [1.29, 1.82) is 0 Å². The summed E-state index contributed by atoms with van der Waals surface area (Å²) < 4.78 is 30.5. The molecule has 1 aliphatic heterocycles. The second kappa shape index (κ2) is 6.40. The van der Waals surface area contributed by atoms with Gasteiger partial charge in [0.1, 0.15) is 0 Å². The summed E-state index contributed by atoms with van der Waals surface area (Å²) in [5.74, 6) is 0.310. The first-order valence-corrected chi connectivity index (χ1v) is 9.65. The Labute approximate surface area is 147 Å². The van der Waals surface area contributed by atoms with Gasteiger partial charge in [0.25, 0.3) is 0 Å². The molecule has 1 N–H and O–H groups in total. The Bertz CT molecular complexity index is 921. The number of hydrogen-bond donors (Lipinski definition) is 1. The summed E-state index contributed by atoms with van der Waals surface area (Å²) in [6, 6.07) is 12.2. The highest BCUT2D eigenvalue weighted by molar-refractivity contribution is 7.88. The third-order valence-electron chi connectivity index (χ3n) is 4.18. The number of hydrazone groups is 1. The highest BCUT2D eigenvalue weighted by Crippen LogP contribution is 2.38. The molecule has 1 heterocycles. The Morgan fingerprint density at radius 2 is 1.88 bits per heavy atom. The Hall–Kier alpha value is -2.54. The maximum absolute atomic E-state index is 12.2. The number of phenols is 1. The van der Waals surface area contributed by atoms with Crippen molar-refractivity contribution < 1.29 is 18.3 Å². The molecule has 0 aromatic heterocycles. The molecule has 0 spiro atoms. The van der Waals surface area contributed by atoms with Crippen LogP contribution in [0.15, 0.2) is 47.6 Å². The molecule has 0 saturated carbocycles. The van der Waals surface area contributed by atoms with Crippen molar-refractivity contribution in [3.05, 3.63) is 59.2 Å². The van der Waals surface area contributed by atoms with E-state index in [1.54, 1.807) is 12.1 Å². The Morgan fingerprint density at radius 3 is 2.44 bits per heavy atom. The number of ether oxygens (including phenoxy) is 1. The van der Waals surface area contributed by atoms with Crippen LogP contribution >= 0.6 is 0 Å². The van der Waals surface area contributed by atoms with Gasteiger partial charge in [0.05, 0.1) is 25.1 Å². The molecule has 0 amide bonds. The zero-order valence-corrected chi connectivity index (χ0v) is 15.1. The van der Waals surface area contributed by atoms with Gasteiger partial charge in [-0.3, -0.25) is 0 Å². The summed E-state index contributed by atoms with van der Waals surface area (Å²) in [6.07, 6.45) is 1.56. The van der Waals surface area contributed by atoms with Gasteiger partial charge in [0.15, 0.2) is 11.5 Å². The molecule has 25 heavy (non-hydrogen) atoms. The topological polar surface area (TPSA) is 79.2 Å². The van der Waals surface area contributed by atoms with Crippen LogP contribution in [-0.4, -0.2) is 37.0 Å². The van der Waals surface area contributed by atoms with E-state index in [9.17, 15) is 13.5 Å². The molecule has 0 saturated heterocycles. The number of phenolic OH excluding ortho intramolecular Hbond substituents is 1. The van der Waals surface area contributed by atoms with Crippen LogP contribution < -0.4 is 4.74 Å². The molecule has 132 valence electrons. The Balaban J connectivity index is 2.00. The first-order valence-electron chi connectivity index (χ1n) is 7.80. The molecule has 0 radical (unpaired) electrons. The van der Waals surface area contributed by atoms with E-state index in [0.717, 1.165) is 21.8 Å². The summed E-state index contributed by atoms with van der Waals surface area (Å²) in [4.78, 5) is 0. The second-order valence-electron chi connectivity index (χ2n) is 6.10. The van der Waals surface area contributed by atoms with E-state index in [-0.39, 0.29) is 5.75 Å². The summed E-state index contributed by atoms with van der Waals surface area (Å²) in [6.45, 7) is 1.99. The van der Waals surface area contributed by atoms with E-state index in [0.29, 0.717) is 23.4 Å². The lowest BCUT2D eigenvalue weighted by atomic mass is 9.98. The van der Waals surface area contributed by atoms with Crippen LogP contribution in [0.1, 0.15) is 29.2 Å². The minimum Gasteiger partial charge on any atom is -0.504 e. The van der Waals surface area contributed by atoms with Crippen molar-refractivity contribution >= 4 is 15.7 Å². The third-order valence-corrected chi connectivity index (χ3v) is 5.20. The predicted octanol–water partition coefficient (Wildman–Crippen LogP) is 2.82. The third kappa shape index (κ3) is 3.46. The maximum Gasteiger partial charge on any atom is 0.247 e. The van der Waals surface area contributed by atoms with Gasteiger partial charge in [-0.2, -0.15) is 9.52 Å². The Kier molecular flexibility index (Phi) is 4.43. The van der Waals surface area contributed by atoms with E-state index in [2.05, 4.69) is 5.10 Å². The van der Waals surface area contributed by atoms with Gasteiger partial charge in [0.2, 0.25) is 10.0 Å². The van der Waals surface area contributed by atoms with Gasteiger partial charge in [-0.25, -0.2) is 8.42 Å². The van der Waals surface area contributed by atoms with E-state index in [1.807, 2.05) is 31.2 Å². The summed E-state index contributed by atoms with van der Waals surface area (Å²) in [7, 11) is -2.08. The smallest absolute Gasteiger partial charge is 0.247 e. The lowest BCUT2D eigenvalue weighted by molar-refractivity contribution is 0.362. The van der Waals surface area contributed by atoms with Gasteiger partial charge in [0, 0.05) is 6.42 Å². The molecule has 3 rings (SSSR count). The maximum atomic E-state index is 12.2. The number of rotatable bonds is 4. The predicted molar refractivity (Wildman–Crippen MR) is 96.4 cm³/mol. The molecule has 0 aliphatic carbocycles. The molecule has 1 aliphatic rings. The standard InChI is InChI=1S/C18H20N2O4S/c1-12-4-6-13(7-5-12)15-11-16(20(19-15)25(3,22)23)14-8-9-18(24-2)17(21)10-14/h4-10,16,21H,11H2,1-3H3/t16-/m0/s1.